The molecule has 0 aliphatic heterocycles. The second-order valence-electron chi connectivity index (χ2n) is 1.18. The standard InChI is InChI=1S/C6H6BO2/c8-7-9-6-4-2-1-3-5-6/h1-5,8H/i1D,2D,3D,4D,5D. The van der Waals surface area contributed by atoms with E-state index in [1.807, 2.05) is 0 Å². The van der Waals surface area contributed by atoms with Crippen LogP contribution in [0.5, 0.6) is 5.75 Å². The molecule has 9 heavy (non-hydrogen) atoms. The van der Waals surface area contributed by atoms with Gasteiger partial charge >= 0.3 is 7.69 Å². The molecule has 0 aliphatic carbocycles. The van der Waals surface area contributed by atoms with Crippen LogP contribution in [-0.2, 0) is 0 Å². The third-order valence-corrected chi connectivity index (χ3v) is 0.648. The van der Waals surface area contributed by atoms with Crippen molar-refractivity contribution in [2.24, 2.45) is 0 Å². The van der Waals surface area contributed by atoms with Crippen molar-refractivity contribution in [2.75, 3.05) is 0 Å². The lowest BCUT2D eigenvalue weighted by molar-refractivity contribution is 0.454. The maximum absolute atomic E-state index is 8.34. The van der Waals surface area contributed by atoms with Crippen LogP contribution in [0.4, 0.5) is 0 Å². The molecule has 1 N–H and O–H groups in total. The van der Waals surface area contributed by atoms with Gasteiger partial charge in [0.25, 0.3) is 0 Å². The summed E-state index contributed by atoms with van der Waals surface area (Å²) in [7, 11) is 0.272. The normalized spacial score (nSPS) is 16.3. The van der Waals surface area contributed by atoms with Crippen molar-refractivity contribution < 1.29 is 16.5 Å². The summed E-state index contributed by atoms with van der Waals surface area (Å²) in [6.45, 7) is 0. The maximum Gasteiger partial charge on any atom is 0.569 e. The predicted molar refractivity (Wildman–Crippen MR) is 35.0 cm³/mol. The van der Waals surface area contributed by atoms with Gasteiger partial charge in [0, 0.05) is 0 Å². The molecule has 0 aromatic heterocycles. The molecule has 1 radical (unpaired) electrons. The van der Waals surface area contributed by atoms with E-state index >= 15 is 0 Å². The molecule has 1 aromatic carbocycles. The van der Waals surface area contributed by atoms with Crippen LogP contribution < -0.4 is 4.65 Å². The van der Waals surface area contributed by atoms with Gasteiger partial charge in [-0.25, -0.2) is 0 Å². The van der Waals surface area contributed by atoms with Gasteiger partial charge < -0.3 is 9.68 Å². The van der Waals surface area contributed by atoms with E-state index < -0.39 is 36.0 Å². The Morgan fingerprint density at radius 2 is 2.11 bits per heavy atom. The molecule has 3 heteroatoms. The first-order valence-corrected chi connectivity index (χ1v) is 2.20. The van der Waals surface area contributed by atoms with Crippen molar-refractivity contribution in [3.05, 3.63) is 30.2 Å². The molecule has 0 amide bonds. The van der Waals surface area contributed by atoms with Crippen molar-refractivity contribution in [1.29, 1.82) is 0 Å². The number of benzene rings is 1. The van der Waals surface area contributed by atoms with Gasteiger partial charge in [0.2, 0.25) is 0 Å². The van der Waals surface area contributed by atoms with Crippen LogP contribution in [0.3, 0.4) is 0 Å². The van der Waals surface area contributed by atoms with Gasteiger partial charge in [0.05, 0.1) is 12.6 Å². The minimum Gasteiger partial charge on any atom is -0.537 e. The number of hydrogen-bond donors (Lipinski definition) is 1. The highest BCUT2D eigenvalue weighted by Gasteiger charge is 1.88. The molecule has 0 heterocycles. The van der Waals surface area contributed by atoms with Crippen LogP contribution in [0, 0.1) is 0 Å². The molecule has 0 spiro atoms. The minimum atomic E-state index is -0.497. The SMILES string of the molecule is [2H]c1c([2H])c([2H])c(O[B]O)c([2H])c1[2H]. The van der Waals surface area contributed by atoms with Crippen LogP contribution in [-0.4, -0.2) is 12.7 Å². The van der Waals surface area contributed by atoms with E-state index in [1.54, 1.807) is 0 Å². The molecule has 0 saturated heterocycles. The summed E-state index contributed by atoms with van der Waals surface area (Å²) >= 11 is 0. The van der Waals surface area contributed by atoms with Crippen LogP contribution in [0.15, 0.2) is 30.2 Å². The van der Waals surface area contributed by atoms with E-state index in [9.17, 15) is 0 Å². The average molecular weight is 126 g/mol. The largest absolute Gasteiger partial charge is 0.569 e. The summed E-state index contributed by atoms with van der Waals surface area (Å²) in [4.78, 5) is 0. The first-order valence-electron chi connectivity index (χ1n) is 4.70. The summed E-state index contributed by atoms with van der Waals surface area (Å²) in [5.41, 5.74) is 0. The fraction of sp³-hybridized carbons (Fsp3) is 0. The highest BCUT2D eigenvalue weighted by Crippen LogP contribution is 2.06. The molecule has 0 saturated carbocycles. The van der Waals surface area contributed by atoms with E-state index in [4.69, 9.17) is 11.9 Å². The molecule has 0 atom stereocenters. The molecule has 1 aromatic rings. The molecular weight excluding hydrogens is 115 g/mol. The minimum absolute atomic E-state index is 0.272. The Bertz CT molecular complexity index is 341. The summed E-state index contributed by atoms with van der Waals surface area (Å²) < 4.78 is 40.7. The molecule has 0 bridgehead atoms. The van der Waals surface area contributed by atoms with Gasteiger partial charge in [-0.15, -0.1) is 0 Å². The Morgan fingerprint density at radius 3 is 2.67 bits per heavy atom. The zero-order valence-electron chi connectivity index (χ0n) is 9.43. The summed E-state index contributed by atoms with van der Waals surface area (Å²) in [5, 5.41) is 8.34. The van der Waals surface area contributed by atoms with E-state index in [-0.39, 0.29) is 7.69 Å². The van der Waals surface area contributed by atoms with E-state index in [2.05, 4.69) is 4.65 Å². The number of para-hydroxylation sites is 1. The molecule has 45 valence electrons. The Balaban J connectivity index is 3.43. The highest BCUT2D eigenvalue weighted by atomic mass is 16.5. The van der Waals surface area contributed by atoms with Crippen molar-refractivity contribution in [3.8, 4) is 5.75 Å². The maximum atomic E-state index is 8.34. The lowest BCUT2D eigenvalue weighted by Gasteiger charge is -1.97. The zero-order chi connectivity index (χ0) is 10.9. The lowest BCUT2D eigenvalue weighted by Crippen LogP contribution is -1.98. The number of hydrogen-bond acceptors (Lipinski definition) is 2. The number of rotatable bonds is 2. The van der Waals surface area contributed by atoms with Gasteiger partial charge in [-0.3, -0.25) is 0 Å². The fourth-order valence-electron chi connectivity index (χ4n) is 0.350. The predicted octanol–water partition coefficient (Wildman–Crippen LogP) is 0.592. The first-order chi connectivity index (χ1) is 6.50. The summed E-state index contributed by atoms with van der Waals surface area (Å²) in [6.07, 6.45) is 0. The van der Waals surface area contributed by atoms with Crippen molar-refractivity contribution in [3.63, 3.8) is 0 Å². The van der Waals surface area contributed by atoms with Gasteiger partial charge in [-0.05, 0) is 12.1 Å². The zero-order valence-corrected chi connectivity index (χ0v) is 4.43. The fourth-order valence-corrected chi connectivity index (χ4v) is 0.350. The molecule has 1 rings (SSSR count). The summed E-state index contributed by atoms with van der Waals surface area (Å²) in [6, 6.07) is -2.46. The van der Waals surface area contributed by atoms with E-state index in [0.717, 1.165) is 0 Å². The topological polar surface area (TPSA) is 29.5 Å². The smallest absolute Gasteiger partial charge is 0.537 e. The van der Waals surface area contributed by atoms with E-state index in [1.165, 1.54) is 0 Å². The van der Waals surface area contributed by atoms with Gasteiger partial charge in [0.15, 0.2) is 0 Å². The molecule has 0 fully saturated rings. The van der Waals surface area contributed by atoms with Crippen molar-refractivity contribution in [2.45, 2.75) is 0 Å². The van der Waals surface area contributed by atoms with Crippen LogP contribution >= 0.6 is 0 Å². The first kappa shape index (κ1) is 2.35. The second-order valence-corrected chi connectivity index (χ2v) is 1.18. The third kappa shape index (κ3) is 1.78. The Hall–Kier alpha value is -0.955. The monoisotopic (exact) mass is 126 g/mol. The quantitative estimate of drug-likeness (QED) is 0.587. The Kier molecular flexibility index (Phi) is 0.820. The highest BCUT2D eigenvalue weighted by molar-refractivity contribution is 6.17. The van der Waals surface area contributed by atoms with Crippen LogP contribution in [0.2, 0.25) is 0 Å². The lowest BCUT2D eigenvalue weighted by atomic mass is 10.3. The van der Waals surface area contributed by atoms with Crippen LogP contribution in [0.25, 0.3) is 0 Å². The second kappa shape index (κ2) is 3.15. The molecule has 2 nitrogen and oxygen atoms in total. The van der Waals surface area contributed by atoms with Gasteiger partial charge in [0.1, 0.15) is 0 Å². The summed E-state index contributed by atoms with van der Waals surface area (Å²) in [5.74, 6) is -0.390. The molecular formula is C6H6BO2. The third-order valence-electron chi connectivity index (χ3n) is 0.648. The Morgan fingerprint density at radius 1 is 1.44 bits per heavy atom. The van der Waals surface area contributed by atoms with Gasteiger partial charge in [-0.2, -0.15) is 0 Å². The van der Waals surface area contributed by atoms with E-state index in [0.29, 0.717) is 0 Å². The van der Waals surface area contributed by atoms with Crippen molar-refractivity contribution in [1.82, 2.24) is 0 Å². The van der Waals surface area contributed by atoms with Crippen LogP contribution in [0.1, 0.15) is 6.85 Å². The molecule has 0 unspecified atom stereocenters. The average Bonchev–Trinajstić information content (AvgIpc) is 2.19. The van der Waals surface area contributed by atoms with Crippen molar-refractivity contribution >= 4 is 7.69 Å². The molecule has 0 aliphatic rings. The Labute approximate surface area is 61.4 Å². The van der Waals surface area contributed by atoms with Gasteiger partial charge in [-0.1, -0.05) is 18.1 Å².